The van der Waals surface area contributed by atoms with E-state index in [2.05, 4.69) is 5.32 Å². The molecule has 0 aliphatic rings. The molecule has 0 saturated heterocycles. The molecule has 1 unspecified atom stereocenters. The molecule has 0 aliphatic heterocycles. The number of hydrogen-bond acceptors (Lipinski definition) is 1. The monoisotopic (exact) mass is 293 g/mol. The lowest BCUT2D eigenvalue weighted by Gasteiger charge is -2.14. The Morgan fingerprint density at radius 2 is 2.00 bits per heavy atom. The zero-order chi connectivity index (χ0) is 14.4. The van der Waals surface area contributed by atoms with Gasteiger partial charge in [-0.2, -0.15) is 0 Å². The molecule has 1 N–H and O–H groups in total. The van der Waals surface area contributed by atoms with E-state index >= 15 is 0 Å². The zero-order valence-corrected chi connectivity index (χ0v) is 11.2. The van der Waals surface area contributed by atoms with Crippen LogP contribution in [0.25, 0.3) is 0 Å². The zero-order valence-electron chi connectivity index (χ0n) is 10.5. The molecule has 0 radical (unpaired) electrons. The maximum atomic E-state index is 13.4. The number of rotatable bonds is 6. The Morgan fingerprint density at radius 1 is 1.32 bits per heavy atom. The molecule has 0 spiro atoms. The molecule has 1 atom stereocenters. The van der Waals surface area contributed by atoms with E-state index in [1.54, 1.807) is 0 Å². The number of nitrogens with one attached hydrogen (secondary N) is 1. The normalized spacial score (nSPS) is 12.3. The van der Waals surface area contributed by atoms with Gasteiger partial charge in [0.25, 0.3) is 5.91 Å². The second-order valence-corrected chi connectivity index (χ2v) is 4.56. The minimum absolute atomic E-state index is 0.176. The maximum Gasteiger partial charge on any atom is 0.254 e. The summed E-state index contributed by atoms with van der Waals surface area (Å²) in [5.41, 5.74) is -0.500. The summed E-state index contributed by atoms with van der Waals surface area (Å²) in [4.78, 5) is 11.7. The highest BCUT2D eigenvalue weighted by Gasteiger charge is 2.19. The first-order chi connectivity index (χ1) is 9.01. The number of carbonyl (C=O) groups excluding carboxylic acids is 1. The summed E-state index contributed by atoms with van der Waals surface area (Å²) < 4.78 is 39.1. The summed E-state index contributed by atoms with van der Waals surface area (Å²) in [5, 5.41) is 2.50. The second kappa shape index (κ2) is 7.38. The highest BCUT2D eigenvalue weighted by atomic mass is 35.5. The Hall–Kier alpha value is -1.23. The van der Waals surface area contributed by atoms with Crippen molar-refractivity contribution in [2.24, 2.45) is 5.92 Å². The van der Waals surface area contributed by atoms with Crippen LogP contribution in [0.5, 0.6) is 0 Å². The van der Waals surface area contributed by atoms with Crippen molar-refractivity contribution in [3.05, 3.63) is 35.1 Å². The molecule has 0 bridgehead atoms. The first-order valence-electron chi connectivity index (χ1n) is 5.98. The van der Waals surface area contributed by atoms with Crippen molar-refractivity contribution >= 4 is 17.5 Å². The van der Waals surface area contributed by atoms with E-state index in [4.69, 9.17) is 11.6 Å². The number of benzene rings is 1. The number of halogens is 4. The predicted octanol–water partition coefficient (Wildman–Crippen LogP) is 3.49. The molecule has 0 fully saturated rings. The minimum Gasteiger partial charge on any atom is -0.352 e. The summed E-state index contributed by atoms with van der Waals surface area (Å²) in [5.74, 6) is -4.54. The van der Waals surface area contributed by atoms with Crippen LogP contribution >= 0.6 is 11.6 Å². The van der Waals surface area contributed by atoms with Gasteiger partial charge in [-0.1, -0.05) is 13.3 Å². The maximum absolute atomic E-state index is 13.4. The van der Waals surface area contributed by atoms with Crippen LogP contribution in [0.4, 0.5) is 13.2 Å². The Kier molecular flexibility index (Phi) is 6.15. The molecular weight excluding hydrogens is 279 g/mol. The molecule has 0 aliphatic carbocycles. The van der Waals surface area contributed by atoms with Gasteiger partial charge < -0.3 is 5.32 Å². The third-order valence-corrected chi connectivity index (χ3v) is 3.14. The van der Waals surface area contributed by atoms with E-state index in [1.165, 1.54) is 0 Å². The lowest BCUT2D eigenvalue weighted by molar-refractivity contribution is 0.0941. The molecule has 2 nitrogen and oxygen atoms in total. The average molecular weight is 294 g/mol. The van der Waals surface area contributed by atoms with Crippen molar-refractivity contribution in [1.82, 2.24) is 5.32 Å². The molecule has 6 heteroatoms. The first kappa shape index (κ1) is 15.8. The van der Waals surface area contributed by atoms with Crippen molar-refractivity contribution in [3.63, 3.8) is 0 Å². The van der Waals surface area contributed by atoms with E-state index < -0.39 is 28.9 Å². The number of amides is 1. The van der Waals surface area contributed by atoms with E-state index in [1.807, 2.05) is 6.92 Å². The van der Waals surface area contributed by atoms with Crippen molar-refractivity contribution in [2.45, 2.75) is 19.8 Å². The van der Waals surface area contributed by atoms with Crippen molar-refractivity contribution in [2.75, 3.05) is 12.4 Å². The Labute approximate surface area is 114 Å². The number of carbonyl (C=O) groups is 1. The fourth-order valence-corrected chi connectivity index (χ4v) is 1.95. The van der Waals surface area contributed by atoms with Gasteiger partial charge in [0.05, 0.1) is 5.56 Å². The van der Waals surface area contributed by atoms with Crippen LogP contribution in [0.15, 0.2) is 12.1 Å². The van der Waals surface area contributed by atoms with Crippen LogP contribution in [0.1, 0.15) is 30.1 Å². The molecule has 106 valence electrons. The quantitative estimate of drug-likeness (QED) is 0.631. The van der Waals surface area contributed by atoms with Gasteiger partial charge in [-0.15, -0.1) is 11.6 Å². The molecular formula is C13H15ClF3NO. The van der Waals surface area contributed by atoms with Crippen molar-refractivity contribution in [3.8, 4) is 0 Å². The van der Waals surface area contributed by atoms with Crippen LogP contribution in [-0.2, 0) is 0 Å². The van der Waals surface area contributed by atoms with E-state index in [9.17, 15) is 18.0 Å². The van der Waals surface area contributed by atoms with E-state index in [0.717, 1.165) is 25.0 Å². The van der Waals surface area contributed by atoms with Gasteiger partial charge in [0.15, 0.2) is 17.5 Å². The van der Waals surface area contributed by atoms with Gasteiger partial charge in [0, 0.05) is 12.4 Å². The Morgan fingerprint density at radius 3 is 2.58 bits per heavy atom. The largest absolute Gasteiger partial charge is 0.352 e. The van der Waals surface area contributed by atoms with Crippen molar-refractivity contribution in [1.29, 1.82) is 0 Å². The summed E-state index contributed by atoms with van der Waals surface area (Å²) in [7, 11) is 0. The third-order valence-electron chi connectivity index (χ3n) is 2.93. The highest BCUT2D eigenvalue weighted by molar-refractivity contribution is 6.17. The van der Waals surface area contributed by atoms with Gasteiger partial charge in [0.1, 0.15) is 0 Å². The SMILES string of the molecule is CCC(CCCl)CNC(=O)c1ccc(F)c(F)c1F. The summed E-state index contributed by atoms with van der Waals surface area (Å²) in [6, 6.07) is 1.65. The molecule has 1 aromatic rings. The standard InChI is InChI=1S/C13H15ClF3NO/c1-2-8(5-6-14)7-18-13(19)9-3-4-10(15)12(17)11(9)16/h3-4,8H,2,5-7H2,1H3,(H,18,19). The van der Waals surface area contributed by atoms with Crippen LogP contribution < -0.4 is 5.32 Å². The van der Waals surface area contributed by atoms with Gasteiger partial charge in [0.2, 0.25) is 0 Å². The van der Waals surface area contributed by atoms with Crippen LogP contribution in [0, 0.1) is 23.4 Å². The molecule has 0 aromatic heterocycles. The lowest BCUT2D eigenvalue weighted by Crippen LogP contribution is -2.30. The highest BCUT2D eigenvalue weighted by Crippen LogP contribution is 2.15. The van der Waals surface area contributed by atoms with Crippen LogP contribution in [-0.4, -0.2) is 18.3 Å². The molecule has 0 heterocycles. The fraction of sp³-hybridized carbons (Fsp3) is 0.462. The molecule has 1 amide bonds. The smallest absolute Gasteiger partial charge is 0.254 e. The Balaban J connectivity index is 2.71. The Bertz CT molecular complexity index is 454. The van der Waals surface area contributed by atoms with E-state index in [0.29, 0.717) is 12.4 Å². The summed E-state index contributed by atoms with van der Waals surface area (Å²) in [6.45, 7) is 2.27. The van der Waals surface area contributed by atoms with Gasteiger partial charge in [-0.25, -0.2) is 13.2 Å². The van der Waals surface area contributed by atoms with Gasteiger partial charge in [-0.05, 0) is 24.5 Å². The van der Waals surface area contributed by atoms with Crippen molar-refractivity contribution < 1.29 is 18.0 Å². The van der Waals surface area contributed by atoms with Gasteiger partial charge in [-0.3, -0.25) is 4.79 Å². The molecule has 1 aromatic carbocycles. The van der Waals surface area contributed by atoms with Crippen LogP contribution in [0.2, 0.25) is 0 Å². The predicted molar refractivity (Wildman–Crippen MR) is 67.8 cm³/mol. The molecule has 19 heavy (non-hydrogen) atoms. The summed E-state index contributed by atoms with van der Waals surface area (Å²) >= 11 is 5.61. The summed E-state index contributed by atoms with van der Waals surface area (Å²) in [6.07, 6.45) is 1.53. The van der Waals surface area contributed by atoms with Gasteiger partial charge >= 0.3 is 0 Å². The van der Waals surface area contributed by atoms with Crippen LogP contribution in [0.3, 0.4) is 0 Å². The van der Waals surface area contributed by atoms with E-state index in [-0.39, 0.29) is 5.92 Å². The number of hydrogen-bond donors (Lipinski definition) is 1. The first-order valence-corrected chi connectivity index (χ1v) is 6.52. The third kappa shape index (κ3) is 4.13. The second-order valence-electron chi connectivity index (χ2n) is 4.18. The number of alkyl halides is 1. The topological polar surface area (TPSA) is 29.1 Å². The molecule has 1 rings (SSSR count). The molecule has 0 saturated carbocycles. The lowest BCUT2D eigenvalue weighted by atomic mass is 10.0. The average Bonchev–Trinajstić information content (AvgIpc) is 2.40. The fourth-order valence-electron chi connectivity index (χ4n) is 1.64. The minimum atomic E-state index is -1.64.